The number of carboxylic acids is 1. The van der Waals surface area contributed by atoms with Gasteiger partial charge in [-0.2, -0.15) is 0 Å². The molecule has 0 aromatic rings. The minimum absolute atomic E-state index is 0.142. The fourth-order valence-electron chi connectivity index (χ4n) is 4.01. The molecule has 1 aliphatic carbocycles. The summed E-state index contributed by atoms with van der Waals surface area (Å²) in [5.74, 6) is -1.35. The Morgan fingerprint density at radius 3 is 2.56 bits per heavy atom. The second kappa shape index (κ2) is 7.18. The number of aliphatic carboxylic acids is 1. The third-order valence-corrected chi connectivity index (χ3v) is 5.46. The largest absolute Gasteiger partial charge is 0.478 e. The quantitative estimate of drug-likeness (QED) is 0.417. The minimum atomic E-state index is -1.54. The first-order valence-corrected chi connectivity index (χ1v) is 8.40. The fraction of sp³-hybridized carbons (Fsp3) is 0.812. The zero-order valence-electron chi connectivity index (χ0n) is 13.8. The van der Waals surface area contributed by atoms with E-state index in [2.05, 4.69) is 0 Å². The first-order chi connectivity index (χ1) is 11.8. The van der Waals surface area contributed by atoms with E-state index in [4.69, 9.17) is 14.2 Å². The number of ether oxygens (including phenoxy) is 3. The number of rotatable bonds is 4. The summed E-state index contributed by atoms with van der Waals surface area (Å²) in [4.78, 5) is 11.4. The van der Waals surface area contributed by atoms with E-state index in [1.54, 1.807) is 0 Å². The molecular weight excluding hydrogens is 336 g/mol. The molecule has 1 saturated heterocycles. The van der Waals surface area contributed by atoms with Crippen molar-refractivity contribution in [1.29, 1.82) is 0 Å². The van der Waals surface area contributed by atoms with Crippen molar-refractivity contribution in [2.45, 2.75) is 56.8 Å². The van der Waals surface area contributed by atoms with Crippen LogP contribution < -0.4 is 0 Å². The van der Waals surface area contributed by atoms with Crippen molar-refractivity contribution in [2.24, 2.45) is 17.8 Å². The van der Waals surface area contributed by atoms with Crippen LogP contribution in [0.4, 0.5) is 0 Å². The lowest BCUT2D eigenvalue weighted by Crippen LogP contribution is -2.60. The third kappa shape index (κ3) is 3.27. The molecule has 9 heteroatoms. The Kier molecular flexibility index (Phi) is 5.33. The van der Waals surface area contributed by atoms with Crippen molar-refractivity contribution >= 4 is 5.97 Å². The molecule has 0 bridgehead atoms. The summed E-state index contributed by atoms with van der Waals surface area (Å²) >= 11 is 0. The van der Waals surface area contributed by atoms with Gasteiger partial charge in [0.15, 0.2) is 6.29 Å². The van der Waals surface area contributed by atoms with Crippen molar-refractivity contribution in [3.63, 3.8) is 0 Å². The molecule has 0 aromatic heterocycles. The minimum Gasteiger partial charge on any atom is -0.478 e. The van der Waals surface area contributed by atoms with Crippen LogP contribution in [0.1, 0.15) is 19.8 Å². The monoisotopic (exact) mass is 360 g/mol. The van der Waals surface area contributed by atoms with E-state index in [0.29, 0.717) is 6.42 Å². The molecule has 9 nitrogen and oxygen atoms in total. The van der Waals surface area contributed by atoms with E-state index in [0.717, 1.165) is 12.7 Å². The normalized spacial score (nSPS) is 46.9. The van der Waals surface area contributed by atoms with Crippen molar-refractivity contribution in [1.82, 2.24) is 0 Å². The van der Waals surface area contributed by atoms with Crippen LogP contribution in [-0.4, -0.2) is 75.1 Å². The summed E-state index contributed by atoms with van der Waals surface area (Å²) in [7, 11) is 0. The molecule has 1 unspecified atom stereocenters. The molecule has 142 valence electrons. The lowest BCUT2D eigenvalue weighted by atomic mass is 9.83. The maximum Gasteiger partial charge on any atom is 0.334 e. The summed E-state index contributed by atoms with van der Waals surface area (Å²) in [6.45, 7) is 1.42. The Bertz CT molecular complexity index is 534. The van der Waals surface area contributed by atoms with Crippen molar-refractivity contribution in [3.8, 4) is 0 Å². The van der Waals surface area contributed by atoms with Crippen LogP contribution in [0.25, 0.3) is 0 Å². The van der Waals surface area contributed by atoms with Crippen molar-refractivity contribution in [2.75, 3.05) is 6.61 Å². The van der Waals surface area contributed by atoms with Crippen LogP contribution in [0.3, 0.4) is 0 Å². The number of hydrogen-bond acceptors (Lipinski definition) is 8. The van der Waals surface area contributed by atoms with Crippen LogP contribution in [0.2, 0.25) is 0 Å². The fourth-order valence-corrected chi connectivity index (χ4v) is 4.01. The number of aliphatic hydroxyl groups excluding tert-OH is 4. The van der Waals surface area contributed by atoms with Gasteiger partial charge in [0.2, 0.25) is 6.29 Å². The third-order valence-electron chi connectivity index (χ3n) is 5.46. The maximum atomic E-state index is 11.4. The van der Waals surface area contributed by atoms with Gasteiger partial charge in [0.1, 0.15) is 24.4 Å². The highest BCUT2D eigenvalue weighted by molar-refractivity contribution is 5.87. The van der Waals surface area contributed by atoms with Crippen LogP contribution in [0, 0.1) is 17.8 Å². The number of carboxylic acid groups (broad SMARTS) is 1. The van der Waals surface area contributed by atoms with Gasteiger partial charge in [-0.05, 0) is 18.8 Å². The molecule has 9 atom stereocenters. The summed E-state index contributed by atoms with van der Waals surface area (Å²) in [6, 6.07) is 0. The zero-order chi connectivity index (χ0) is 18.3. The molecule has 1 saturated carbocycles. The predicted octanol–water partition coefficient (Wildman–Crippen LogP) is -1.21. The molecule has 2 aliphatic heterocycles. The van der Waals surface area contributed by atoms with E-state index >= 15 is 0 Å². The summed E-state index contributed by atoms with van der Waals surface area (Å²) in [5.41, 5.74) is 0.197. The molecule has 2 fully saturated rings. The average molecular weight is 360 g/mol. The Labute approximate surface area is 144 Å². The number of carbonyl (C=O) groups is 1. The molecule has 3 aliphatic rings. The van der Waals surface area contributed by atoms with Gasteiger partial charge < -0.3 is 39.7 Å². The molecule has 25 heavy (non-hydrogen) atoms. The van der Waals surface area contributed by atoms with Crippen LogP contribution in [0.5, 0.6) is 0 Å². The first kappa shape index (κ1) is 18.6. The molecule has 2 heterocycles. The van der Waals surface area contributed by atoms with Gasteiger partial charge in [-0.3, -0.25) is 0 Å². The van der Waals surface area contributed by atoms with Gasteiger partial charge in [-0.1, -0.05) is 6.92 Å². The van der Waals surface area contributed by atoms with Crippen LogP contribution >= 0.6 is 0 Å². The summed E-state index contributed by atoms with van der Waals surface area (Å²) < 4.78 is 16.5. The Morgan fingerprint density at radius 2 is 1.92 bits per heavy atom. The van der Waals surface area contributed by atoms with Crippen molar-refractivity contribution in [3.05, 3.63) is 11.8 Å². The molecular formula is C16H24O9. The Balaban J connectivity index is 1.77. The van der Waals surface area contributed by atoms with Crippen LogP contribution in [0.15, 0.2) is 11.8 Å². The highest BCUT2D eigenvalue weighted by atomic mass is 16.8. The topological polar surface area (TPSA) is 146 Å². The van der Waals surface area contributed by atoms with Gasteiger partial charge in [-0.15, -0.1) is 0 Å². The molecule has 0 radical (unpaired) electrons. The van der Waals surface area contributed by atoms with E-state index in [-0.39, 0.29) is 23.3 Å². The van der Waals surface area contributed by atoms with Gasteiger partial charge in [0.25, 0.3) is 0 Å². The summed E-state index contributed by atoms with van der Waals surface area (Å²) in [6.07, 6.45) is -5.10. The van der Waals surface area contributed by atoms with Gasteiger partial charge in [-0.25, -0.2) is 4.79 Å². The molecule has 0 aromatic carbocycles. The first-order valence-electron chi connectivity index (χ1n) is 8.40. The predicted molar refractivity (Wildman–Crippen MR) is 80.8 cm³/mol. The lowest BCUT2D eigenvalue weighted by molar-refractivity contribution is -0.342. The average Bonchev–Trinajstić information content (AvgIpc) is 2.97. The van der Waals surface area contributed by atoms with Gasteiger partial charge in [0, 0.05) is 11.8 Å². The standard InChI is InChI=1S/C16H24O9/c1-6-2-3-7-8(14(21)22)5-23-15(10(6)7)25-16-13(20)12(19)11(18)9(4-17)24-16/h5-7,9-13,15-20H,2-4H2,1H3,(H,21,22)/t6-,7-,9-,10-,11-,12+,13-,15+,16?/m1/s1. The molecule has 0 amide bonds. The van der Waals surface area contributed by atoms with E-state index in [9.17, 15) is 30.3 Å². The lowest BCUT2D eigenvalue weighted by Gasteiger charge is -2.43. The second-order valence-corrected chi connectivity index (χ2v) is 6.95. The number of fused-ring (bicyclic) bond motifs is 1. The zero-order valence-corrected chi connectivity index (χ0v) is 13.8. The van der Waals surface area contributed by atoms with Crippen molar-refractivity contribution < 1.29 is 44.5 Å². The Hall–Kier alpha value is -1.23. The maximum absolute atomic E-state index is 11.4. The second-order valence-electron chi connectivity index (χ2n) is 6.95. The van der Waals surface area contributed by atoms with Crippen LogP contribution in [-0.2, 0) is 19.0 Å². The smallest absolute Gasteiger partial charge is 0.334 e. The molecule has 5 N–H and O–H groups in total. The van der Waals surface area contributed by atoms with E-state index in [1.165, 1.54) is 0 Å². The van der Waals surface area contributed by atoms with E-state index < -0.39 is 49.6 Å². The number of hydrogen-bond donors (Lipinski definition) is 5. The highest BCUT2D eigenvalue weighted by Gasteiger charge is 2.50. The molecule has 0 spiro atoms. The Morgan fingerprint density at radius 1 is 1.20 bits per heavy atom. The van der Waals surface area contributed by atoms with E-state index in [1.807, 2.05) is 6.92 Å². The van der Waals surface area contributed by atoms with Gasteiger partial charge in [0.05, 0.1) is 18.4 Å². The molecule has 3 rings (SSSR count). The highest BCUT2D eigenvalue weighted by Crippen LogP contribution is 2.47. The SMILES string of the molecule is C[C@@H]1CC[C@@H]2C(C(=O)O)=CO[C@@H](OC3O[C@H](CO)[C@@H](O)[C@H](O)[C@H]3O)[C@H]12. The number of aliphatic hydroxyl groups is 4. The summed E-state index contributed by atoms with van der Waals surface area (Å²) in [5, 5.41) is 48.3. The van der Waals surface area contributed by atoms with Gasteiger partial charge >= 0.3 is 5.97 Å².